The molecule has 1 aliphatic carbocycles. The van der Waals surface area contributed by atoms with Crippen molar-refractivity contribution in [1.82, 2.24) is 9.80 Å². The SMILES string of the molecule is O=C(C1CCC1)N1C[C@@H](c2ccsc2)[C@@H]2CN(Cc3ccccc3)CC[C@@H]21. The Hall–Kier alpha value is -1.65. The zero-order valence-electron chi connectivity index (χ0n) is 15.8. The fraction of sp³-hybridized carbons (Fsp3) is 0.522. The third-order valence-electron chi connectivity index (χ3n) is 6.97. The Bertz CT molecular complexity index is 771. The van der Waals surface area contributed by atoms with Gasteiger partial charge in [-0.05, 0) is 47.2 Å². The number of rotatable bonds is 4. The number of fused-ring (bicyclic) bond motifs is 1. The summed E-state index contributed by atoms with van der Waals surface area (Å²) >= 11 is 1.78. The molecule has 0 bridgehead atoms. The van der Waals surface area contributed by atoms with E-state index in [4.69, 9.17) is 0 Å². The minimum Gasteiger partial charge on any atom is -0.338 e. The molecule has 0 N–H and O–H groups in total. The summed E-state index contributed by atoms with van der Waals surface area (Å²) in [6.45, 7) is 4.16. The van der Waals surface area contributed by atoms with Crippen LogP contribution in [0.25, 0.3) is 0 Å². The molecule has 3 nitrogen and oxygen atoms in total. The second-order valence-electron chi connectivity index (χ2n) is 8.52. The van der Waals surface area contributed by atoms with Gasteiger partial charge in [-0.3, -0.25) is 9.69 Å². The van der Waals surface area contributed by atoms with Crippen LogP contribution in [0.4, 0.5) is 0 Å². The van der Waals surface area contributed by atoms with Crippen molar-refractivity contribution in [2.75, 3.05) is 19.6 Å². The molecular weight excluding hydrogens is 352 g/mol. The highest BCUT2D eigenvalue weighted by molar-refractivity contribution is 7.08. The number of benzene rings is 1. The van der Waals surface area contributed by atoms with E-state index in [0.717, 1.165) is 45.4 Å². The molecule has 3 atom stereocenters. The van der Waals surface area contributed by atoms with E-state index in [-0.39, 0.29) is 0 Å². The molecule has 3 fully saturated rings. The quantitative estimate of drug-likeness (QED) is 0.787. The second kappa shape index (κ2) is 7.40. The second-order valence-corrected chi connectivity index (χ2v) is 9.30. The summed E-state index contributed by atoms with van der Waals surface area (Å²) in [5, 5.41) is 4.49. The number of thiophene rings is 1. The molecule has 2 saturated heterocycles. The van der Waals surface area contributed by atoms with Gasteiger partial charge in [-0.15, -0.1) is 0 Å². The van der Waals surface area contributed by atoms with Crippen LogP contribution in [-0.2, 0) is 11.3 Å². The molecule has 2 aliphatic heterocycles. The molecule has 5 rings (SSSR count). The van der Waals surface area contributed by atoms with Gasteiger partial charge in [-0.1, -0.05) is 36.8 Å². The lowest BCUT2D eigenvalue weighted by atomic mass is 9.82. The lowest BCUT2D eigenvalue weighted by Crippen LogP contribution is -2.49. The molecule has 2 aromatic rings. The smallest absolute Gasteiger partial charge is 0.225 e. The molecule has 27 heavy (non-hydrogen) atoms. The van der Waals surface area contributed by atoms with E-state index >= 15 is 0 Å². The number of nitrogens with zero attached hydrogens (tertiary/aromatic N) is 2. The highest BCUT2D eigenvalue weighted by Crippen LogP contribution is 2.44. The van der Waals surface area contributed by atoms with E-state index in [1.54, 1.807) is 11.3 Å². The summed E-state index contributed by atoms with van der Waals surface area (Å²) in [6, 6.07) is 13.5. The first-order valence-electron chi connectivity index (χ1n) is 10.4. The van der Waals surface area contributed by atoms with E-state index in [1.807, 2.05) is 0 Å². The van der Waals surface area contributed by atoms with Crippen molar-refractivity contribution in [3.05, 3.63) is 58.3 Å². The van der Waals surface area contributed by atoms with Gasteiger partial charge in [0.25, 0.3) is 0 Å². The van der Waals surface area contributed by atoms with Gasteiger partial charge in [-0.25, -0.2) is 0 Å². The molecule has 142 valence electrons. The van der Waals surface area contributed by atoms with Crippen LogP contribution in [0.2, 0.25) is 0 Å². The van der Waals surface area contributed by atoms with Crippen molar-refractivity contribution in [3.63, 3.8) is 0 Å². The fourth-order valence-corrected chi connectivity index (χ4v) is 6.00. The summed E-state index contributed by atoms with van der Waals surface area (Å²) < 4.78 is 0. The van der Waals surface area contributed by atoms with E-state index < -0.39 is 0 Å². The maximum Gasteiger partial charge on any atom is 0.225 e. The topological polar surface area (TPSA) is 23.6 Å². The molecule has 1 saturated carbocycles. The first-order valence-corrected chi connectivity index (χ1v) is 11.3. The monoisotopic (exact) mass is 380 g/mol. The number of carbonyl (C=O) groups is 1. The van der Waals surface area contributed by atoms with Gasteiger partial charge < -0.3 is 4.90 Å². The predicted octanol–water partition coefficient (Wildman–Crippen LogP) is 4.36. The Labute approximate surface area is 166 Å². The first-order chi connectivity index (χ1) is 13.3. The molecule has 3 aliphatic rings. The zero-order chi connectivity index (χ0) is 18.2. The predicted molar refractivity (Wildman–Crippen MR) is 110 cm³/mol. The largest absolute Gasteiger partial charge is 0.338 e. The number of hydrogen-bond acceptors (Lipinski definition) is 3. The Morgan fingerprint density at radius 3 is 2.63 bits per heavy atom. The molecular formula is C23H28N2OS. The van der Waals surface area contributed by atoms with Gasteiger partial charge in [0.05, 0.1) is 0 Å². The van der Waals surface area contributed by atoms with Crippen molar-refractivity contribution < 1.29 is 4.79 Å². The molecule has 1 amide bonds. The third kappa shape index (κ3) is 3.34. The Kier molecular flexibility index (Phi) is 4.78. The lowest BCUT2D eigenvalue weighted by Gasteiger charge is -2.40. The molecule has 1 aromatic carbocycles. The summed E-state index contributed by atoms with van der Waals surface area (Å²) in [5.74, 6) is 1.84. The normalized spacial score (nSPS) is 28.7. The van der Waals surface area contributed by atoms with E-state index in [1.165, 1.54) is 17.5 Å². The standard InChI is InChI=1S/C23H28N2OS/c26-23(18-7-4-8-18)25-15-20(19-10-12-27-16-19)21-14-24(11-9-22(21)25)13-17-5-2-1-3-6-17/h1-3,5-6,10,12,16,18,20-22H,4,7-9,11,13-15H2/t20-,21-,22-/m0/s1. The van der Waals surface area contributed by atoms with Gasteiger partial charge in [0, 0.05) is 50.0 Å². The van der Waals surface area contributed by atoms with Crippen LogP contribution in [0.1, 0.15) is 42.7 Å². The van der Waals surface area contributed by atoms with E-state index in [2.05, 4.69) is 57.0 Å². The van der Waals surface area contributed by atoms with Crippen molar-refractivity contribution in [3.8, 4) is 0 Å². The lowest BCUT2D eigenvalue weighted by molar-refractivity contribution is -0.140. The van der Waals surface area contributed by atoms with Crippen LogP contribution in [0.15, 0.2) is 47.2 Å². The number of amides is 1. The third-order valence-corrected chi connectivity index (χ3v) is 7.67. The van der Waals surface area contributed by atoms with Crippen LogP contribution < -0.4 is 0 Å². The summed E-state index contributed by atoms with van der Waals surface area (Å²) in [5.41, 5.74) is 2.84. The van der Waals surface area contributed by atoms with Gasteiger partial charge in [0.1, 0.15) is 0 Å². The van der Waals surface area contributed by atoms with E-state index in [0.29, 0.717) is 29.7 Å². The van der Waals surface area contributed by atoms with Gasteiger partial charge in [0.2, 0.25) is 5.91 Å². The number of carbonyl (C=O) groups excluding carboxylic acids is 1. The van der Waals surface area contributed by atoms with Crippen molar-refractivity contribution in [2.45, 2.75) is 44.2 Å². The number of hydrogen-bond donors (Lipinski definition) is 0. The van der Waals surface area contributed by atoms with Crippen molar-refractivity contribution >= 4 is 17.2 Å². The van der Waals surface area contributed by atoms with Crippen LogP contribution in [0.5, 0.6) is 0 Å². The Morgan fingerprint density at radius 1 is 1.07 bits per heavy atom. The fourth-order valence-electron chi connectivity index (χ4n) is 5.27. The van der Waals surface area contributed by atoms with Crippen LogP contribution >= 0.6 is 11.3 Å². The van der Waals surface area contributed by atoms with Crippen molar-refractivity contribution in [2.24, 2.45) is 11.8 Å². The summed E-state index contributed by atoms with van der Waals surface area (Å²) in [4.78, 5) is 18.0. The molecule has 0 radical (unpaired) electrons. The molecule has 3 heterocycles. The van der Waals surface area contributed by atoms with Crippen molar-refractivity contribution in [1.29, 1.82) is 0 Å². The van der Waals surface area contributed by atoms with E-state index in [9.17, 15) is 4.79 Å². The first kappa shape index (κ1) is 17.4. The number of piperidine rings is 1. The van der Waals surface area contributed by atoms with Gasteiger partial charge in [-0.2, -0.15) is 11.3 Å². The van der Waals surface area contributed by atoms with Crippen LogP contribution in [0, 0.1) is 11.8 Å². The Morgan fingerprint density at radius 2 is 1.93 bits per heavy atom. The maximum absolute atomic E-state index is 13.1. The van der Waals surface area contributed by atoms with Crippen LogP contribution in [0.3, 0.4) is 0 Å². The van der Waals surface area contributed by atoms with Crippen LogP contribution in [-0.4, -0.2) is 41.4 Å². The average Bonchev–Trinajstić information content (AvgIpc) is 3.28. The summed E-state index contributed by atoms with van der Waals surface area (Å²) in [7, 11) is 0. The van der Waals surface area contributed by atoms with Gasteiger partial charge in [0.15, 0.2) is 0 Å². The summed E-state index contributed by atoms with van der Waals surface area (Å²) in [6.07, 6.45) is 4.57. The molecule has 1 aromatic heterocycles. The molecule has 0 unspecified atom stereocenters. The molecule has 0 spiro atoms. The Balaban J connectivity index is 1.35. The minimum atomic E-state index is 0.314. The maximum atomic E-state index is 13.1. The van der Waals surface area contributed by atoms with Gasteiger partial charge >= 0.3 is 0 Å². The highest BCUT2D eigenvalue weighted by Gasteiger charge is 2.48. The minimum absolute atomic E-state index is 0.314. The average molecular weight is 381 g/mol. The number of likely N-dealkylation sites (tertiary alicyclic amines) is 2. The zero-order valence-corrected chi connectivity index (χ0v) is 16.6. The highest BCUT2D eigenvalue weighted by atomic mass is 32.1. The molecule has 4 heteroatoms.